The number of carbonyl (C=O) groups excluding carboxylic acids is 1. The Kier molecular flexibility index (Phi) is 6.46. The smallest absolute Gasteiger partial charge is 0.258 e. The molecule has 0 heterocycles. The van der Waals surface area contributed by atoms with E-state index in [2.05, 4.69) is 49.2 Å². The summed E-state index contributed by atoms with van der Waals surface area (Å²) in [7, 11) is 0. The summed E-state index contributed by atoms with van der Waals surface area (Å²) in [6.07, 6.45) is 0. The minimum atomic E-state index is -0.398. The molecule has 2 aromatic carbocycles. The normalized spacial score (nSPS) is 10.2. The number of carbonyl (C=O) groups is 1. The van der Waals surface area contributed by atoms with E-state index >= 15 is 0 Å². The van der Waals surface area contributed by atoms with Crippen molar-refractivity contribution in [3.8, 4) is 0 Å². The first kappa shape index (κ1) is 17.9. The molecule has 0 aromatic heterocycles. The zero-order valence-electron chi connectivity index (χ0n) is 10.8. The predicted octanol–water partition coefficient (Wildman–Crippen LogP) is 5.49. The van der Waals surface area contributed by atoms with Crippen LogP contribution in [0.3, 0.4) is 0 Å². The molecule has 0 saturated heterocycles. The van der Waals surface area contributed by atoms with Crippen LogP contribution in [0.4, 0.5) is 5.69 Å². The number of nitrogens with one attached hydrogen (secondary N) is 2. The largest absolute Gasteiger partial charge is 0.331 e. The van der Waals surface area contributed by atoms with E-state index in [1.54, 1.807) is 30.3 Å². The molecular formula is C14H8BrCl2IN2OS. The van der Waals surface area contributed by atoms with Crippen molar-refractivity contribution in [1.29, 1.82) is 0 Å². The van der Waals surface area contributed by atoms with Crippen LogP contribution >= 0.6 is 73.9 Å². The predicted molar refractivity (Wildman–Crippen MR) is 107 cm³/mol. The molecule has 0 unspecified atom stereocenters. The monoisotopic (exact) mass is 528 g/mol. The summed E-state index contributed by atoms with van der Waals surface area (Å²) in [6, 6.07) is 10.5. The number of amides is 1. The van der Waals surface area contributed by atoms with Crippen molar-refractivity contribution in [3.63, 3.8) is 0 Å². The summed E-state index contributed by atoms with van der Waals surface area (Å²) >= 11 is 22.7. The molecule has 0 atom stereocenters. The van der Waals surface area contributed by atoms with Gasteiger partial charge in [-0.25, -0.2) is 0 Å². The number of anilines is 1. The lowest BCUT2D eigenvalue weighted by Crippen LogP contribution is -2.34. The lowest BCUT2D eigenvalue weighted by Gasteiger charge is -2.12. The van der Waals surface area contributed by atoms with E-state index in [-0.39, 0.29) is 5.11 Å². The zero-order chi connectivity index (χ0) is 16.3. The van der Waals surface area contributed by atoms with Crippen molar-refractivity contribution in [3.05, 3.63) is 60.0 Å². The van der Waals surface area contributed by atoms with E-state index < -0.39 is 5.91 Å². The lowest BCUT2D eigenvalue weighted by atomic mass is 10.2. The molecule has 0 radical (unpaired) electrons. The summed E-state index contributed by atoms with van der Waals surface area (Å²) in [5.41, 5.74) is 0.946. The first-order chi connectivity index (χ1) is 10.4. The maximum absolute atomic E-state index is 12.2. The molecule has 0 spiro atoms. The first-order valence-corrected chi connectivity index (χ1v) is 8.93. The topological polar surface area (TPSA) is 41.1 Å². The van der Waals surface area contributed by atoms with Crippen LogP contribution in [0.5, 0.6) is 0 Å². The van der Waals surface area contributed by atoms with Crippen molar-refractivity contribution in [2.24, 2.45) is 0 Å². The second kappa shape index (κ2) is 7.92. The highest BCUT2D eigenvalue weighted by atomic mass is 127. The Labute approximate surface area is 165 Å². The van der Waals surface area contributed by atoms with Gasteiger partial charge in [-0.15, -0.1) is 0 Å². The highest BCUT2D eigenvalue weighted by molar-refractivity contribution is 14.1. The number of hydrogen-bond acceptors (Lipinski definition) is 2. The lowest BCUT2D eigenvalue weighted by molar-refractivity contribution is 0.0978. The number of hydrogen-bond donors (Lipinski definition) is 2. The third-order valence-electron chi connectivity index (χ3n) is 2.58. The van der Waals surface area contributed by atoms with Gasteiger partial charge in [-0.1, -0.05) is 39.1 Å². The Morgan fingerprint density at radius 3 is 2.55 bits per heavy atom. The van der Waals surface area contributed by atoms with E-state index in [0.717, 1.165) is 8.04 Å². The third kappa shape index (κ3) is 4.79. The molecule has 0 bridgehead atoms. The quantitative estimate of drug-likeness (QED) is 0.399. The van der Waals surface area contributed by atoms with Crippen molar-refractivity contribution < 1.29 is 4.79 Å². The van der Waals surface area contributed by atoms with Gasteiger partial charge in [0, 0.05) is 8.04 Å². The molecule has 114 valence electrons. The van der Waals surface area contributed by atoms with Crippen LogP contribution in [0.2, 0.25) is 10.0 Å². The van der Waals surface area contributed by atoms with Crippen molar-refractivity contribution >= 4 is 90.6 Å². The second-order valence-electron chi connectivity index (χ2n) is 4.16. The van der Waals surface area contributed by atoms with Crippen LogP contribution in [-0.4, -0.2) is 11.0 Å². The third-order valence-corrected chi connectivity index (χ3v) is 4.59. The minimum Gasteiger partial charge on any atom is -0.331 e. The van der Waals surface area contributed by atoms with Gasteiger partial charge in [0.1, 0.15) is 0 Å². The first-order valence-electron chi connectivity index (χ1n) is 5.89. The van der Waals surface area contributed by atoms with Gasteiger partial charge >= 0.3 is 0 Å². The Morgan fingerprint density at radius 2 is 1.86 bits per heavy atom. The standard InChI is InChI=1S/C14H8BrCl2IN2OS/c15-7-1-3-10(16)9(5-7)13(21)20-14(22)19-12-4-2-8(18)6-11(12)17/h1-6H,(H2,19,20,21,22). The van der Waals surface area contributed by atoms with E-state index in [1.807, 2.05) is 6.07 Å². The van der Waals surface area contributed by atoms with Crippen LogP contribution in [-0.2, 0) is 0 Å². The van der Waals surface area contributed by atoms with Gasteiger partial charge in [0.05, 0.1) is 21.3 Å². The zero-order valence-corrected chi connectivity index (χ0v) is 16.9. The van der Waals surface area contributed by atoms with Crippen molar-refractivity contribution in [1.82, 2.24) is 5.32 Å². The fraction of sp³-hybridized carbons (Fsp3) is 0. The number of halogens is 4. The van der Waals surface area contributed by atoms with E-state index in [0.29, 0.717) is 21.3 Å². The highest BCUT2D eigenvalue weighted by Crippen LogP contribution is 2.24. The van der Waals surface area contributed by atoms with Gasteiger partial charge in [0.25, 0.3) is 5.91 Å². The van der Waals surface area contributed by atoms with E-state index in [9.17, 15) is 4.79 Å². The minimum absolute atomic E-state index is 0.143. The molecule has 2 aromatic rings. The molecule has 22 heavy (non-hydrogen) atoms. The van der Waals surface area contributed by atoms with Crippen LogP contribution in [0.15, 0.2) is 40.9 Å². The molecule has 1 amide bonds. The summed E-state index contributed by atoms with van der Waals surface area (Å²) < 4.78 is 1.76. The Hall–Kier alpha value is -0.410. The fourth-order valence-corrected chi connectivity index (χ4v) is 3.26. The summed E-state index contributed by atoms with van der Waals surface area (Å²) in [4.78, 5) is 12.2. The Morgan fingerprint density at radius 1 is 1.14 bits per heavy atom. The van der Waals surface area contributed by atoms with Gasteiger partial charge < -0.3 is 5.32 Å². The van der Waals surface area contributed by atoms with Crippen LogP contribution < -0.4 is 10.6 Å². The molecule has 0 fully saturated rings. The van der Waals surface area contributed by atoms with Crippen LogP contribution in [0.25, 0.3) is 0 Å². The summed E-state index contributed by atoms with van der Waals surface area (Å²) in [5, 5.41) is 6.46. The van der Waals surface area contributed by atoms with Crippen LogP contribution in [0.1, 0.15) is 10.4 Å². The molecule has 0 aliphatic carbocycles. The molecule has 0 aliphatic heterocycles. The van der Waals surface area contributed by atoms with E-state index in [4.69, 9.17) is 35.4 Å². The van der Waals surface area contributed by atoms with Gasteiger partial charge in [0.2, 0.25) is 0 Å². The average molecular weight is 530 g/mol. The number of benzene rings is 2. The molecule has 8 heteroatoms. The van der Waals surface area contributed by atoms with Gasteiger partial charge in [-0.3, -0.25) is 10.1 Å². The fourth-order valence-electron chi connectivity index (χ4n) is 1.59. The van der Waals surface area contributed by atoms with Gasteiger partial charge in [-0.2, -0.15) is 0 Å². The second-order valence-corrected chi connectivity index (χ2v) is 7.54. The van der Waals surface area contributed by atoms with E-state index in [1.165, 1.54) is 0 Å². The maximum Gasteiger partial charge on any atom is 0.258 e. The van der Waals surface area contributed by atoms with Crippen molar-refractivity contribution in [2.45, 2.75) is 0 Å². The summed E-state index contributed by atoms with van der Waals surface area (Å²) in [6.45, 7) is 0. The Bertz CT molecular complexity index is 758. The maximum atomic E-state index is 12.2. The van der Waals surface area contributed by atoms with Crippen LogP contribution in [0, 0.1) is 3.57 Å². The molecule has 3 nitrogen and oxygen atoms in total. The van der Waals surface area contributed by atoms with Gasteiger partial charge in [0.15, 0.2) is 5.11 Å². The molecule has 0 aliphatic rings. The number of rotatable bonds is 2. The van der Waals surface area contributed by atoms with Crippen molar-refractivity contribution in [2.75, 3.05) is 5.32 Å². The SMILES string of the molecule is O=C(NC(=S)Nc1ccc(I)cc1Cl)c1cc(Br)ccc1Cl. The Balaban J connectivity index is 2.08. The summed E-state index contributed by atoms with van der Waals surface area (Å²) in [5.74, 6) is -0.398. The van der Waals surface area contributed by atoms with Gasteiger partial charge in [-0.05, 0) is 71.2 Å². The molecule has 2 rings (SSSR count). The molecule has 0 saturated carbocycles. The average Bonchev–Trinajstić information content (AvgIpc) is 2.44. The number of thiocarbonyl (C=S) groups is 1. The molecular weight excluding hydrogens is 522 g/mol. The molecule has 2 N–H and O–H groups in total. The highest BCUT2D eigenvalue weighted by Gasteiger charge is 2.13.